The molecule has 0 fully saturated rings. The third-order valence-electron chi connectivity index (χ3n) is 4.99. The van der Waals surface area contributed by atoms with Crippen molar-refractivity contribution in [2.45, 2.75) is 13.1 Å². The third kappa shape index (κ3) is 3.92. The van der Waals surface area contributed by atoms with Crippen LogP contribution in [0.25, 0.3) is 21.9 Å². The highest BCUT2D eigenvalue weighted by Crippen LogP contribution is 2.32. The van der Waals surface area contributed by atoms with Crippen molar-refractivity contribution < 1.29 is 18.0 Å². The van der Waals surface area contributed by atoms with Gasteiger partial charge in [-0.15, -0.1) is 0 Å². The molecule has 0 spiro atoms. The zero-order valence-electron chi connectivity index (χ0n) is 16.2. The van der Waals surface area contributed by atoms with E-state index in [4.69, 9.17) is 0 Å². The van der Waals surface area contributed by atoms with Crippen molar-refractivity contribution in [2.24, 2.45) is 0 Å². The molecule has 2 heterocycles. The first-order chi connectivity index (χ1) is 14.8. The van der Waals surface area contributed by atoms with Crippen LogP contribution in [0.1, 0.15) is 21.6 Å². The minimum absolute atomic E-state index is 0.00572. The molecule has 0 aliphatic heterocycles. The largest absolute Gasteiger partial charge is 0.433 e. The fourth-order valence-electron chi connectivity index (χ4n) is 3.49. The van der Waals surface area contributed by atoms with E-state index < -0.39 is 17.8 Å². The van der Waals surface area contributed by atoms with Crippen molar-refractivity contribution >= 4 is 22.4 Å². The van der Waals surface area contributed by atoms with Gasteiger partial charge in [-0.1, -0.05) is 24.3 Å². The number of aromatic nitrogens is 2. The van der Waals surface area contributed by atoms with Gasteiger partial charge in [0, 0.05) is 29.0 Å². The number of fused-ring (bicyclic) bond motifs is 1. The molecule has 2 aromatic carbocycles. The number of rotatable bonds is 3. The lowest BCUT2D eigenvalue weighted by Crippen LogP contribution is -2.15. The first-order valence-electron chi connectivity index (χ1n) is 9.31. The molecule has 0 saturated heterocycles. The average molecular weight is 423 g/mol. The Morgan fingerprint density at radius 3 is 2.52 bits per heavy atom. The van der Waals surface area contributed by atoms with Gasteiger partial charge in [0.2, 0.25) is 0 Å². The number of nitrogens with zero attached hydrogens (tertiary/aromatic N) is 1. The molecular weight excluding hydrogens is 407 g/mol. The van der Waals surface area contributed by atoms with Gasteiger partial charge in [-0.2, -0.15) is 13.2 Å². The molecule has 4 aromatic rings. The van der Waals surface area contributed by atoms with E-state index in [1.807, 2.05) is 12.1 Å². The lowest BCUT2D eigenvalue weighted by Gasteiger charge is -2.14. The van der Waals surface area contributed by atoms with Gasteiger partial charge >= 0.3 is 6.18 Å². The summed E-state index contributed by atoms with van der Waals surface area (Å²) in [4.78, 5) is 30.9. The summed E-state index contributed by atoms with van der Waals surface area (Å²) in [6, 6.07) is 14.3. The Labute approximate surface area is 174 Å². The van der Waals surface area contributed by atoms with Crippen molar-refractivity contribution in [2.75, 3.05) is 5.32 Å². The number of carbonyl (C=O) groups excluding carboxylic acids is 1. The predicted octanol–water partition coefficient (Wildman–Crippen LogP) is 5.17. The first-order valence-corrected chi connectivity index (χ1v) is 9.31. The minimum Gasteiger partial charge on any atom is -0.329 e. The topological polar surface area (TPSA) is 74.8 Å². The van der Waals surface area contributed by atoms with Crippen LogP contribution in [-0.2, 0) is 6.18 Å². The summed E-state index contributed by atoms with van der Waals surface area (Å²) in [5, 5.41) is 3.75. The highest BCUT2D eigenvalue weighted by Gasteiger charge is 2.32. The van der Waals surface area contributed by atoms with Crippen LogP contribution in [0.3, 0.4) is 0 Å². The van der Waals surface area contributed by atoms with Gasteiger partial charge < -0.3 is 10.3 Å². The number of nitrogens with one attached hydrogen (secondary N) is 2. The summed E-state index contributed by atoms with van der Waals surface area (Å²) >= 11 is 0. The average Bonchev–Trinajstić information content (AvgIpc) is 2.73. The summed E-state index contributed by atoms with van der Waals surface area (Å²) in [6.45, 7) is 1.75. The lowest BCUT2D eigenvalue weighted by atomic mass is 9.93. The van der Waals surface area contributed by atoms with E-state index in [1.165, 1.54) is 6.07 Å². The Balaban J connectivity index is 1.73. The molecule has 0 radical (unpaired) electrons. The molecule has 0 aliphatic carbocycles. The first kappa shape index (κ1) is 20.3. The number of pyridine rings is 2. The summed E-state index contributed by atoms with van der Waals surface area (Å²) < 4.78 is 38.7. The number of anilines is 1. The summed E-state index contributed by atoms with van der Waals surface area (Å²) in [7, 11) is 0. The smallest absolute Gasteiger partial charge is 0.329 e. The number of hydrogen-bond donors (Lipinski definition) is 2. The zero-order chi connectivity index (χ0) is 22.2. The summed E-state index contributed by atoms with van der Waals surface area (Å²) in [6.07, 6.45) is -2.06. The van der Waals surface area contributed by atoms with E-state index in [-0.39, 0.29) is 11.2 Å². The lowest BCUT2D eigenvalue weighted by molar-refractivity contribution is -0.141. The SMILES string of the molecule is Cc1c(C(=O)Nc2ccnc(C(F)(F)F)c2)cccc1-c1cccc2c(=O)[nH]ccc12. The van der Waals surface area contributed by atoms with E-state index in [2.05, 4.69) is 15.3 Å². The molecule has 5 nitrogen and oxygen atoms in total. The van der Waals surface area contributed by atoms with Crippen molar-refractivity contribution in [3.63, 3.8) is 0 Å². The van der Waals surface area contributed by atoms with Gasteiger partial charge in [-0.25, -0.2) is 0 Å². The molecule has 8 heteroatoms. The van der Waals surface area contributed by atoms with Crippen molar-refractivity contribution in [3.05, 3.63) is 94.2 Å². The van der Waals surface area contributed by atoms with Crippen molar-refractivity contribution in [3.8, 4) is 11.1 Å². The monoisotopic (exact) mass is 423 g/mol. The van der Waals surface area contributed by atoms with Gasteiger partial charge in [0.25, 0.3) is 11.5 Å². The van der Waals surface area contributed by atoms with Gasteiger partial charge in [0.15, 0.2) is 0 Å². The molecular formula is C23H16F3N3O2. The number of H-pyrrole nitrogens is 1. The molecule has 4 rings (SSSR count). The second kappa shape index (κ2) is 7.71. The number of aromatic amines is 1. The van der Waals surface area contributed by atoms with E-state index in [9.17, 15) is 22.8 Å². The number of benzene rings is 2. The maximum atomic E-state index is 12.9. The second-order valence-electron chi connectivity index (χ2n) is 6.93. The Hall–Kier alpha value is -3.94. The van der Waals surface area contributed by atoms with Crippen molar-refractivity contribution in [1.82, 2.24) is 9.97 Å². The van der Waals surface area contributed by atoms with Crippen LogP contribution < -0.4 is 10.9 Å². The maximum absolute atomic E-state index is 12.9. The Kier molecular flexibility index (Phi) is 5.06. The standard InChI is InChI=1S/C23H16F3N3O2/c1-13-15(17-6-3-7-19-18(17)9-11-28-21(19)30)4-2-5-16(13)22(31)29-14-8-10-27-20(12-14)23(24,25)26/h2-12H,1H3,(H,28,30)(H,27,29,31). The highest BCUT2D eigenvalue weighted by molar-refractivity contribution is 6.07. The minimum atomic E-state index is -4.61. The summed E-state index contributed by atoms with van der Waals surface area (Å²) in [5.74, 6) is -0.545. The molecule has 2 aromatic heterocycles. The molecule has 0 bridgehead atoms. The Bertz CT molecular complexity index is 1360. The Morgan fingerprint density at radius 2 is 1.74 bits per heavy atom. The van der Waals surface area contributed by atoms with E-state index in [0.717, 1.165) is 28.8 Å². The third-order valence-corrected chi connectivity index (χ3v) is 4.99. The fourth-order valence-corrected chi connectivity index (χ4v) is 3.49. The number of carbonyl (C=O) groups is 1. The number of amides is 1. The Morgan fingerprint density at radius 1 is 1.00 bits per heavy atom. The second-order valence-corrected chi connectivity index (χ2v) is 6.93. The van der Waals surface area contributed by atoms with E-state index in [1.54, 1.807) is 43.5 Å². The molecule has 2 N–H and O–H groups in total. The highest BCUT2D eigenvalue weighted by atomic mass is 19.4. The van der Waals surface area contributed by atoms with Crippen LogP contribution in [0.5, 0.6) is 0 Å². The fraction of sp³-hybridized carbons (Fsp3) is 0.0870. The van der Waals surface area contributed by atoms with Gasteiger partial charge in [-0.05, 0) is 59.3 Å². The summed E-state index contributed by atoms with van der Waals surface area (Å²) in [5.41, 5.74) is 1.16. The normalized spacial score (nSPS) is 11.5. The van der Waals surface area contributed by atoms with Gasteiger partial charge in [-0.3, -0.25) is 14.6 Å². The number of hydrogen-bond acceptors (Lipinski definition) is 3. The number of halogens is 3. The molecule has 0 saturated carbocycles. The van der Waals surface area contributed by atoms with Crippen LogP contribution in [0.15, 0.2) is 71.8 Å². The zero-order valence-corrected chi connectivity index (χ0v) is 16.2. The van der Waals surface area contributed by atoms with Crippen LogP contribution in [-0.4, -0.2) is 15.9 Å². The van der Waals surface area contributed by atoms with Gasteiger partial charge in [0.1, 0.15) is 5.69 Å². The molecule has 0 unspecified atom stereocenters. The van der Waals surface area contributed by atoms with Crippen molar-refractivity contribution in [1.29, 1.82) is 0 Å². The molecule has 0 aliphatic rings. The molecule has 1 amide bonds. The van der Waals surface area contributed by atoms with Crippen LogP contribution in [0.4, 0.5) is 18.9 Å². The van der Waals surface area contributed by atoms with Crippen LogP contribution in [0, 0.1) is 6.92 Å². The van der Waals surface area contributed by atoms with E-state index >= 15 is 0 Å². The maximum Gasteiger partial charge on any atom is 0.433 e. The predicted molar refractivity (Wildman–Crippen MR) is 112 cm³/mol. The molecule has 0 atom stereocenters. The molecule has 31 heavy (non-hydrogen) atoms. The van der Waals surface area contributed by atoms with Crippen LogP contribution in [0.2, 0.25) is 0 Å². The molecule has 156 valence electrons. The van der Waals surface area contributed by atoms with Gasteiger partial charge in [0.05, 0.1) is 0 Å². The van der Waals surface area contributed by atoms with E-state index in [0.29, 0.717) is 16.5 Å². The van der Waals surface area contributed by atoms with Crippen LogP contribution >= 0.6 is 0 Å². The number of alkyl halides is 3. The quantitative estimate of drug-likeness (QED) is 0.477.